The summed E-state index contributed by atoms with van der Waals surface area (Å²) in [4.78, 5) is 26.4. The van der Waals surface area contributed by atoms with E-state index in [9.17, 15) is 9.59 Å². The van der Waals surface area contributed by atoms with Crippen LogP contribution < -0.4 is 4.90 Å². The standard InChI is InChI=1S/C17H23NO5/c1-3-22-16(19)15(17(20)23-4-2)13-5-7-14(8-6-13)18-9-11-21-12-10-18/h5-8,15H,3-4,9-12H2,1-2H3. The summed E-state index contributed by atoms with van der Waals surface area (Å²) in [5.41, 5.74) is 1.63. The van der Waals surface area contributed by atoms with E-state index in [2.05, 4.69) is 4.90 Å². The number of hydrogen-bond acceptors (Lipinski definition) is 6. The lowest BCUT2D eigenvalue weighted by Crippen LogP contribution is -2.36. The molecule has 1 heterocycles. The second kappa shape index (κ2) is 8.53. The van der Waals surface area contributed by atoms with Gasteiger partial charge in [-0.2, -0.15) is 0 Å². The van der Waals surface area contributed by atoms with Crippen LogP contribution in [0.25, 0.3) is 0 Å². The van der Waals surface area contributed by atoms with E-state index in [0.717, 1.165) is 18.8 Å². The topological polar surface area (TPSA) is 65.1 Å². The van der Waals surface area contributed by atoms with E-state index in [1.54, 1.807) is 26.0 Å². The van der Waals surface area contributed by atoms with Gasteiger partial charge in [-0.3, -0.25) is 9.59 Å². The number of ether oxygens (including phenoxy) is 3. The first kappa shape index (κ1) is 17.3. The van der Waals surface area contributed by atoms with Gasteiger partial charge in [0.05, 0.1) is 26.4 Å². The minimum atomic E-state index is -1.03. The zero-order chi connectivity index (χ0) is 16.7. The first-order valence-electron chi connectivity index (χ1n) is 7.93. The highest BCUT2D eigenvalue weighted by Gasteiger charge is 2.31. The van der Waals surface area contributed by atoms with Gasteiger partial charge in [0.1, 0.15) is 0 Å². The lowest BCUT2D eigenvalue weighted by molar-refractivity contribution is -0.156. The maximum absolute atomic E-state index is 12.1. The van der Waals surface area contributed by atoms with Gasteiger partial charge < -0.3 is 19.1 Å². The molecule has 0 N–H and O–H groups in total. The van der Waals surface area contributed by atoms with Crippen LogP contribution in [-0.4, -0.2) is 51.5 Å². The highest BCUT2D eigenvalue weighted by Crippen LogP contribution is 2.24. The van der Waals surface area contributed by atoms with Gasteiger partial charge in [0.25, 0.3) is 0 Å². The molecule has 6 heteroatoms. The SMILES string of the molecule is CCOC(=O)C(C(=O)OCC)c1ccc(N2CCOCC2)cc1. The molecule has 0 spiro atoms. The molecule has 23 heavy (non-hydrogen) atoms. The summed E-state index contributed by atoms with van der Waals surface area (Å²) in [5, 5.41) is 0. The van der Waals surface area contributed by atoms with E-state index in [0.29, 0.717) is 18.8 Å². The average Bonchev–Trinajstić information content (AvgIpc) is 2.57. The minimum absolute atomic E-state index is 0.223. The van der Waals surface area contributed by atoms with Crippen molar-refractivity contribution in [2.75, 3.05) is 44.4 Å². The third kappa shape index (κ3) is 4.45. The molecule has 0 amide bonds. The Morgan fingerprint density at radius 2 is 1.57 bits per heavy atom. The van der Waals surface area contributed by atoms with Crippen LogP contribution in [0, 0.1) is 0 Å². The molecule has 0 aliphatic carbocycles. The molecular weight excluding hydrogens is 298 g/mol. The van der Waals surface area contributed by atoms with Crippen molar-refractivity contribution in [1.82, 2.24) is 0 Å². The predicted octanol–water partition coefficient (Wildman–Crippen LogP) is 1.73. The number of anilines is 1. The highest BCUT2D eigenvalue weighted by molar-refractivity contribution is 6.00. The van der Waals surface area contributed by atoms with Crippen LogP contribution in [0.4, 0.5) is 5.69 Å². The van der Waals surface area contributed by atoms with Gasteiger partial charge in [-0.15, -0.1) is 0 Å². The van der Waals surface area contributed by atoms with E-state index < -0.39 is 17.9 Å². The monoisotopic (exact) mass is 321 g/mol. The largest absolute Gasteiger partial charge is 0.465 e. The Bertz CT molecular complexity index is 504. The van der Waals surface area contributed by atoms with Gasteiger partial charge in [0, 0.05) is 18.8 Å². The van der Waals surface area contributed by atoms with E-state index in [1.807, 2.05) is 12.1 Å². The Balaban J connectivity index is 2.17. The Labute approximate surface area is 136 Å². The molecule has 1 aliphatic heterocycles. The summed E-state index contributed by atoms with van der Waals surface area (Å²) in [6.07, 6.45) is 0. The Morgan fingerprint density at radius 3 is 2.04 bits per heavy atom. The molecule has 1 aromatic carbocycles. The van der Waals surface area contributed by atoms with Crippen molar-refractivity contribution >= 4 is 17.6 Å². The number of rotatable bonds is 6. The Kier molecular flexibility index (Phi) is 6.40. The maximum atomic E-state index is 12.1. The van der Waals surface area contributed by atoms with E-state index in [-0.39, 0.29) is 13.2 Å². The van der Waals surface area contributed by atoms with Crippen LogP contribution in [0.1, 0.15) is 25.3 Å². The molecular formula is C17H23NO5. The van der Waals surface area contributed by atoms with E-state index in [1.165, 1.54) is 0 Å². The van der Waals surface area contributed by atoms with Gasteiger partial charge in [0.2, 0.25) is 0 Å². The van der Waals surface area contributed by atoms with Gasteiger partial charge in [0.15, 0.2) is 5.92 Å². The van der Waals surface area contributed by atoms with Crippen molar-refractivity contribution in [1.29, 1.82) is 0 Å². The fraction of sp³-hybridized carbons (Fsp3) is 0.529. The smallest absolute Gasteiger partial charge is 0.324 e. The van der Waals surface area contributed by atoms with Crippen LogP contribution in [-0.2, 0) is 23.8 Å². The molecule has 0 atom stereocenters. The van der Waals surface area contributed by atoms with E-state index in [4.69, 9.17) is 14.2 Å². The number of nitrogens with zero attached hydrogens (tertiary/aromatic N) is 1. The number of hydrogen-bond donors (Lipinski definition) is 0. The number of benzene rings is 1. The average molecular weight is 321 g/mol. The van der Waals surface area contributed by atoms with Gasteiger partial charge in [-0.05, 0) is 31.5 Å². The number of morpholine rings is 1. The van der Waals surface area contributed by atoms with Crippen LogP contribution in [0.15, 0.2) is 24.3 Å². The molecule has 0 bridgehead atoms. The summed E-state index contributed by atoms with van der Waals surface area (Å²) in [5.74, 6) is -2.19. The van der Waals surface area contributed by atoms with Crippen molar-refractivity contribution in [2.45, 2.75) is 19.8 Å². The molecule has 0 aromatic heterocycles. The molecule has 0 unspecified atom stereocenters. The quantitative estimate of drug-likeness (QED) is 0.587. The molecule has 2 rings (SSSR count). The summed E-state index contributed by atoms with van der Waals surface area (Å²) < 4.78 is 15.3. The molecule has 1 fully saturated rings. The van der Waals surface area contributed by atoms with Crippen LogP contribution in [0.5, 0.6) is 0 Å². The molecule has 1 saturated heterocycles. The second-order valence-corrected chi connectivity index (χ2v) is 5.13. The van der Waals surface area contributed by atoms with Crippen molar-refractivity contribution in [3.8, 4) is 0 Å². The lowest BCUT2D eigenvalue weighted by Gasteiger charge is -2.29. The molecule has 1 aromatic rings. The summed E-state index contributed by atoms with van der Waals surface area (Å²) in [7, 11) is 0. The normalized spacial score (nSPS) is 14.7. The minimum Gasteiger partial charge on any atom is -0.465 e. The molecule has 0 saturated carbocycles. The maximum Gasteiger partial charge on any atom is 0.324 e. The summed E-state index contributed by atoms with van der Waals surface area (Å²) >= 11 is 0. The van der Waals surface area contributed by atoms with Crippen molar-refractivity contribution in [3.63, 3.8) is 0 Å². The third-order valence-electron chi connectivity index (χ3n) is 3.65. The lowest BCUT2D eigenvalue weighted by atomic mass is 9.99. The van der Waals surface area contributed by atoms with Crippen molar-refractivity contribution in [2.24, 2.45) is 0 Å². The van der Waals surface area contributed by atoms with Gasteiger partial charge in [-0.25, -0.2) is 0 Å². The number of esters is 2. The summed E-state index contributed by atoms with van der Waals surface area (Å²) in [6, 6.07) is 7.38. The van der Waals surface area contributed by atoms with Gasteiger partial charge >= 0.3 is 11.9 Å². The summed E-state index contributed by atoms with van der Waals surface area (Å²) in [6.45, 7) is 6.94. The first-order valence-corrected chi connectivity index (χ1v) is 7.93. The Hall–Kier alpha value is -2.08. The zero-order valence-electron chi connectivity index (χ0n) is 13.6. The van der Waals surface area contributed by atoms with Crippen LogP contribution >= 0.6 is 0 Å². The zero-order valence-corrected chi connectivity index (χ0v) is 13.6. The van der Waals surface area contributed by atoms with Crippen molar-refractivity contribution < 1.29 is 23.8 Å². The number of carbonyl (C=O) groups excluding carboxylic acids is 2. The molecule has 6 nitrogen and oxygen atoms in total. The first-order chi connectivity index (χ1) is 11.2. The fourth-order valence-electron chi connectivity index (χ4n) is 2.52. The highest BCUT2D eigenvalue weighted by atomic mass is 16.6. The fourth-order valence-corrected chi connectivity index (χ4v) is 2.52. The van der Waals surface area contributed by atoms with Crippen molar-refractivity contribution in [3.05, 3.63) is 29.8 Å². The third-order valence-corrected chi connectivity index (χ3v) is 3.65. The van der Waals surface area contributed by atoms with Crippen LogP contribution in [0.3, 0.4) is 0 Å². The molecule has 0 radical (unpaired) electrons. The van der Waals surface area contributed by atoms with E-state index >= 15 is 0 Å². The van der Waals surface area contributed by atoms with Gasteiger partial charge in [-0.1, -0.05) is 12.1 Å². The molecule has 1 aliphatic rings. The molecule has 126 valence electrons. The second-order valence-electron chi connectivity index (χ2n) is 5.13. The Morgan fingerprint density at radius 1 is 1.04 bits per heavy atom. The predicted molar refractivity (Wildman–Crippen MR) is 85.5 cm³/mol. The van der Waals surface area contributed by atoms with Crippen LogP contribution in [0.2, 0.25) is 0 Å². The number of carbonyl (C=O) groups is 2.